The van der Waals surface area contributed by atoms with Crippen molar-refractivity contribution < 1.29 is 14.6 Å². The molecule has 1 heterocycles. The van der Waals surface area contributed by atoms with Crippen LogP contribution in [-0.4, -0.2) is 31.9 Å². The van der Waals surface area contributed by atoms with E-state index >= 15 is 0 Å². The van der Waals surface area contributed by atoms with E-state index in [4.69, 9.17) is 0 Å². The van der Waals surface area contributed by atoms with Gasteiger partial charge in [-0.1, -0.05) is 12.1 Å². The maximum atomic E-state index is 12.1. The molecule has 0 radical (unpaired) electrons. The van der Waals surface area contributed by atoms with Crippen LogP contribution >= 0.6 is 0 Å². The molecule has 2 N–H and O–H groups in total. The number of non-ortho nitro benzene ring substituents is 2. The molecule has 12 heteroatoms. The van der Waals surface area contributed by atoms with Gasteiger partial charge < -0.3 is 4.98 Å². The monoisotopic (exact) mass is 382 g/mol. The molecule has 0 fully saturated rings. The predicted octanol–water partition coefficient (Wildman–Crippen LogP) is 1.50. The van der Waals surface area contributed by atoms with E-state index in [1.165, 1.54) is 30.5 Å². The van der Waals surface area contributed by atoms with Crippen molar-refractivity contribution in [2.24, 2.45) is 5.10 Å². The van der Waals surface area contributed by atoms with Gasteiger partial charge in [0.05, 0.1) is 27.0 Å². The lowest BCUT2D eigenvalue weighted by atomic mass is 10.2. The smallest absolute Gasteiger partial charge is 0.302 e. The van der Waals surface area contributed by atoms with Crippen molar-refractivity contribution in [3.8, 4) is 0 Å². The van der Waals surface area contributed by atoms with Gasteiger partial charge in [-0.05, 0) is 6.07 Å². The first-order valence-corrected chi connectivity index (χ1v) is 7.61. The normalized spacial score (nSPS) is 10.9. The Morgan fingerprint density at radius 2 is 1.82 bits per heavy atom. The van der Waals surface area contributed by atoms with E-state index in [1.54, 1.807) is 6.07 Å². The second-order valence-corrected chi connectivity index (χ2v) is 5.42. The van der Waals surface area contributed by atoms with Crippen molar-refractivity contribution in [1.29, 1.82) is 0 Å². The van der Waals surface area contributed by atoms with Crippen LogP contribution < -0.4 is 11.0 Å². The molecule has 0 unspecified atom stereocenters. The number of aromatic amines is 1. The first-order chi connectivity index (χ1) is 13.3. The number of carbonyl (C=O) groups excluding carboxylic acids is 1. The Labute approximate surface area is 154 Å². The lowest BCUT2D eigenvalue weighted by Gasteiger charge is -2.02. The average molecular weight is 382 g/mol. The van der Waals surface area contributed by atoms with Gasteiger partial charge in [0.25, 0.3) is 16.9 Å². The Hall–Kier alpha value is -4.48. The zero-order chi connectivity index (χ0) is 20.3. The molecule has 0 saturated heterocycles. The fourth-order valence-corrected chi connectivity index (χ4v) is 2.28. The third-order valence-corrected chi connectivity index (χ3v) is 3.58. The number of fused-ring (bicyclic) bond motifs is 1. The van der Waals surface area contributed by atoms with Crippen LogP contribution in [0.3, 0.4) is 0 Å². The Morgan fingerprint density at radius 1 is 1.11 bits per heavy atom. The van der Waals surface area contributed by atoms with Crippen molar-refractivity contribution in [2.45, 2.75) is 0 Å². The molecule has 28 heavy (non-hydrogen) atoms. The fraction of sp³-hybridized carbons (Fsp3) is 0. The number of amides is 1. The minimum Gasteiger partial charge on any atom is -0.302 e. The van der Waals surface area contributed by atoms with Gasteiger partial charge in [0.2, 0.25) is 5.82 Å². The summed E-state index contributed by atoms with van der Waals surface area (Å²) in [6, 6.07) is 9.06. The van der Waals surface area contributed by atoms with E-state index in [9.17, 15) is 29.8 Å². The number of rotatable bonds is 5. The van der Waals surface area contributed by atoms with E-state index in [-0.39, 0.29) is 28.1 Å². The number of nitrogens with zero attached hydrogens (tertiary/aromatic N) is 4. The first-order valence-electron chi connectivity index (χ1n) is 7.61. The van der Waals surface area contributed by atoms with Gasteiger partial charge in [0.15, 0.2) is 0 Å². The minimum absolute atomic E-state index is 0.0363. The molecule has 0 saturated carbocycles. The molecule has 1 amide bonds. The van der Waals surface area contributed by atoms with Crippen LogP contribution in [0.25, 0.3) is 10.9 Å². The molecule has 12 nitrogen and oxygen atoms in total. The Balaban J connectivity index is 1.81. The summed E-state index contributed by atoms with van der Waals surface area (Å²) in [5.41, 5.74) is 1.48. The highest BCUT2D eigenvalue weighted by Gasteiger charge is 2.14. The number of nitro groups is 2. The number of carbonyl (C=O) groups is 1. The van der Waals surface area contributed by atoms with Crippen LogP contribution in [0.5, 0.6) is 0 Å². The molecule has 0 bridgehead atoms. The minimum atomic E-state index is -0.834. The number of benzene rings is 2. The van der Waals surface area contributed by atoms with E-state index in [0.29, 0.717) is 5.56 Å². The molecule has 1 aromatic heterocycles. The SMILES string of the molecule is O=C(N/N=C\c1cccc([N+](=O)[O-])c1)c1nc2ccc([N+](=O)[O-])cc2c(=O)[nH]1. The highest BCUT2D eigenvalue weighted by Crippen LogP contribution is 2.16. The second kappa shape index (κ2) is 7.41. The number of H-pyrrole nitrogens is 1. The van der Waals surface area contributed by atoms with Gasteiger partial charge in [-0.25, -0.2) is 10.4 Å². The first kappa shape index (κ1) is 18.3. The van der Waals surface area contributed by atoms with Crippen LogP contribution in [0, 0.1) is 20.2 Å². The fourth-order valence-electron chi connectivity index (χ4n) is 2.28. The highest BCUT2D eigenvalue weighted by atomic mass is 16.6. The number of nitro benzene ring substituents is 2. The second-order valence-electron chi connectivity index (χ2n) is 5.42. The van der Waals surface area contributed by atoms with E-state index in [0.717, 1.165) is 12.1 Å². The molecule has 3 rings (SSSR count). The van der Waals surface area contributed by atoms with E-state index < -0.39 is 21.3 Å². The molecule has 0 aliphatic rings. The Bertz CT molecular complexity index is 1200. The van der Waals surface area contributed by atoms with Gasteiger partial charge >= 0.3 is 5.91 Å². The van der Waals surface area contributed by atoms with Gasteiger partial charge in [0, 0.05) is 29.8 Å². The lowest BCUT2D eigenvalue weighted by molar-refractivity contribution is -0.385. The van der Waals surface area contributed by atoms with E-state index in [2.05, 4.69) is 20.5 Å². The number of hydrogen-bond acceptors (Lipinski definition) is 8. The maximum absolute atomic E-state index is 12.1. The van der Waals surface area contributed by atoms with Crippen LogP contribution in [-0.2, 0) is 0 Å². The van der Waals surface area contributed by atoms with Crippen LogP contribution in [0.2, 0.25) is 0 Å². The Kier molecular flexibility index (Phi) is 4.85. The largest absolute Gasteiger partial charge is 0.307 e. The van der Waals surface area contributed by atoms with Crippen LogP contribution in [0.1, 0.15) is 16.2 Å². The van der Waals surface area contributed by atoms with Crippen LogP contribution in [0.4, 0.5) is 11.4 Å². The predicted molar refractivity (Wildman–Crippen MR) is 97.2 cm³/mol. The maximum Gasteiger partial charge on any atom is 0.307 e. The zero-order valence-electron chi connectivity index (χ0n) is 13.9. The third-order valence-electron chi connectivity index (χ3n) is 3.58. The van der Waals surface area contributed by atoms with Crippen LogP contribution in [0.15, 0.2) is 52.4 Å². The molecule has 0 aliphatic carbocycles. The molecule has 3 aromatic rings. The topological polar surface area (TPSA) is 173 Å². The summed E-state index contributed by atoms with van der Waals surface area (Å²) >= 11 is 0. The Morgan fingerprint density at radius 3 is 2.54 bits per heavy atom. The number of aromatic nitrogens is 2. The molecular weight excluding hydrogens is 372 g/mol. The molecule has 0 atom stereocenters. The standard InChI is InChI=1S/C16H10N6O6/c23-15-12-7-11(22(27)28)4-5-13(12)18-14(19-15)16(24)20-17-8-9-2-1-3-10(6-9)21(25)26/h1-8H,(H,20,24)(H,18,19,23)/b17-8-. The number of hydrazone groups is 1. The van der Waals surface area contributed by atoms with Gasteiger partial charge in [-0.2, -0.15) is 5.10 Å². The van der Waals surface area contributed by atoms with E-state index in [1.807, 2.05) is 0 Å². The van der Waals surface area contributed by atoms with Gasteiger partial charge in [-0.15, -0.1) is 0 Å². The lowest BCUT2D eigenvalue weighted by Crippen LogP contribution is -2.24. The van der Waals surface area contributed by atoms with Crippen molar-refractivity contribution in [2.75, 3.05) is 0 Å². The molecule has 0 aliphatic heterocycles. The summed E-state index contributed by atoms with van der Waals surface area (Å²) in [4.78, 5) is 50.6. The van der Waals surface area contributed by atoms with Crippen molar-refractivity contribution in [1.82, 2.24) is 15.4 Å². The summed E-state index contributed by atoms with van der Waals surface area (Å²) in [6.45, 7) is 0. The van der Waals surface area contributed by atoms with Crippen molar-refractivity contribution in [3.63, 3.8) is 0 Å². The zero-order valence-corrected chi connectivity index (χ0v) is 13.9. The van der Waals surface area contributed by atoms with Crippen molar-refractivity contribution >= 4 is 34.4 Å². The summed E-state index contributed by atoms with van der Waals surface area (Å²) in [7, 11) is 0. The molecule has 140 valence electrons. The van der Waals surface area contributed by atoms with Crippen molar-refractivity contribution in [3.05, 3.63) is 84.4 Å². The third kappa shape index (κ3) is 3.85. The summed E-state index contributed by atoms with van der Waals surface area (Å²) in [6.07, 6.45) is 1.19. The highest BCUT2D eigenvalue weighted by molar-refractivity contribution is 5.93. The summed E-state index contributed by atoms with van der Waals surface area (Å²) in [5, 5.41) is 25.1. The van der Waals surface area contributed by atoms with Gasteiger partial charge in [-0.3, -0.25) is 29.8 Å². The molecule has 2 aromatic carbocycles. The van der Waals surface area contributed by atoms with Gasteiger partial charge in [0.1, 0.15) is 0 Å². The quantitative estimate of drug-likeness (QED) is 0.382. The molecule has 0 spiro atoms. The average Bonchev–Trinajstić information content (AvgIpc) is 2.67. The number of nitrogens with one attached hydrogen (secondary N) is 2. The number of hydrogen-bond donors (Lipinski definition) is 2. The summed E-state index contributed by atoms with van der Waals surface area (Å²) < 4.78 is 0. The molecular formula is C16H10N6O6. The summed E-state index contributed by atoms with van der Waals surface area (Å²) in [5.74, 6) is -1.18.